The highest BCUT2D eigenvalue weighted by atomic mass is 16.2. The molecule has 0 aromatic heterocycles. The average Bonchev–Trinajstić information content (AvgIpc) is 2.19. The van der Waals surface area contributed by atoms with Gasteiger partial charge in [-0.2, -0.15) is 0 Å². The van der Waals surface area contributed by atoms with Crippen molar-refractivity contribution in [1.29, 1.82) is 0 Å². The van der Waals surface area contributed by atoms with E-state index in [9.17, 15) is 9.59 Å². The van der Waals surface area contributed by atoms with Crippen LogP contribution in [-0.2, 0) is 9.59 Å². The van der Waals surface area contributed by atoms with Crippen LogP contribution in [-0.4, -0.2) is 43.3 Å². The quantitative estimate of drug-likeness (QED) is 0.486. The molecule has 0 aromatic carbocycles. The molecule has 0 spiro atoms. The van der Waals surface area contributed by atoms with E-state index in [0.29, 0.717) is 19.3 Å². The van der Waals surface area contributed by atoms with Crippen molar-refractivity contribution in [2.24, 2.45) is 0 Å². The molecule has 13 heavy (non-hydrogen) atoms. The molecule has 0 aliphatic carbocycles. The maximum Gasteiger partial charge on any atom is 0.222 e. The van der Waals surface area contributed by atoms with E-state index in [2.05, 4.69) is 5.32 Å². The Morgan fingerprint density at radius 1 is 1.38 bits per heavy atom. The zero-order valence-corrected chi connectivity index (χ0v) is 7.79. The number of amides is 1. The number of hydrogen-bond acceptors (Lipinski definition) is 3. The Hall–Kier alpha value is -0.900. The fraction of sp³-hybridized carbons (Fsp3) is 0.778. The highest BCUT2D eigenvalue weighted by Crippen LogP contribution is 2.00. The molecular formula is C9H16N2O2. The van der Waals surface area contributed by atoms with E-state index in [4.69, 9.17) is 0 Å². The number of unbranched alkanes of at least 4 members (excludes halogenated alkanes) is 1. The second-order valence-electron chi connectivity index (χ2n) is 3.19. The van der Waals surface area contributed by atoms with Gasteiger partial charge < -0.3 is 15.0 Å². The summed E-state index contributed by atoms with van der Waals surface area (Å²) < 4.78 is 0. The third-order valence-electron chi connectivity index (χ3n) is 2.18. The van der Waals surface area contributed by atoms with E-state index < -0.39 is 0 Å². The summed E-state index contributed by atoms with van der Waals surface area (Å²) in [4.78, 5) is 23.3. The molecular weight excluding hydrogens is 168 g/mol. The fourth-order valence-electron chi connectivity index (χ4n) is 1.41. The number of nitrogens with one attached hydrogen (secondary N) is 1. The van der Waals surface area contributed by atoms with Gasteiger partial charge in [0.15, 0.2) is 0 Å². The summed E-state index contributed by atoms with van der Waals surface area (Å²) in [5, 5.41) is 3.19. The van der Waals surface area contributed by atoms with Crippen molar-refractivity contribution >= 4 is 12.2 Å². The number of hydrogen-bond donors (Lipinski definition) is 1. The van der Waals surface area contributed by atoms with Crippen LogP contribution in [0, 0.1) is 0 Å². The first-order valence-corrected chi connectivity index (χ1v) is 4.76. The van der Waals surface area contributed by atoms with Crippen LogP contribution in [0.2, 0.25) is 0 Å². The van der Waals surface area contributed by atoms with Crippen molar-refractivity contribution in [2.75, 3.05) is 26.2 Å². The fourth-order valence-corrected chi connectivity index (χ4v) is 1.41. The van der Waals surface area contributed by atoms with Crippen molar-refractivity contribution in [3.05, 3.63) is 0 Å². The smallest absolute Gasteiger partial charge is 0.222 e. The minimum Gasteiger partial charge on any atom is -0.340 e. The van der Waals surface area contributed by atoms with E-state index >= 15 is 0 Å². The Labute approximate surface area is 78.3 Å². The lowest BCUT2D eigenvalue weighted by Crippen LogP contribution is -2.46. The van der Waals surface area contributed by atoms with Crippen molar-refractivity contribution in [1.82, 2.24) is 10.2 Å². The summed E-state index contributed by atoms with van der Waals surface area (Å²) in [7, 11) is 0. The average molecular weight is 184 g/mol. The minimum absolute atomic E-state index is 0.184. The van der Waals surface area contributed by atoms with Gasteiger partial charge in [-0.3, -0.25) is 4.79 Å². The van der Waals surface area contributed by atoms with Gasteiger partial charge in [-0.05, 0) is 6.42 Å². The van der Waals surface area contributed by atoms with Crippen LogP contribution >= 0.6 is 0 Å². The van der Waals surface area contributed by atoms with Crippen molar-refractivity contribution in [2.45, 2.75) is 19.3 Å². The van der Waals surface area contributed by atoms with Gasteiger partial charge in [0, 0.05) is 39.0 Å². The number of rotatable bonds is 4. The first-order valence-electron chi connectivity index (χ1n) is 4.76. The second-order valence-corrected chi connectivity index (χ2v) is 3.19. The minimum atomic E-state index is 0.184. The van der Waals surface area contributed by atoms with Crippen LogP contribution < -0.4 is 5.32 Å². The largest absolute Gasteiger partial charge is 0.340 e. The summed E-state index contributed by atoms with van der Waals surface area (Å²) >= 11 is 0. The lowest BCUT2D eigenvalue weighted by molar-refractivity contribution is -0.131. The van der Waals surface area contributed by atoms with Gasteiger partial charge in [0.1, 0.15) is 6.29 Å². The molecule has 1 fully saturated rings. The Morgan fingerprint density at radius 2 is 2.08 bits per heavy atom. The Kier molecular flexibility index (Phi) is 4.46. The normalized spacial score (nSPS) is 17.1. The molecule has 1 N–H and O–H groups in total. The molecule has 0 aromatic rings. The molecule has 1 heterocycles. The molecule has 4 heteroatoms. The van der Waals surface area contributed by atoms with Gasteiger partial charge >= 0.3 is 0 Å². The van der Waals surface area contributed by atoms with E-state index in [1.807, 2.05) is 4.90 Å². The molecule has 1 aliphatic rings. The zero-order valence-electron chi connectivity index (χ0n) is 7.79. The summed E-state index contributed by atoms with van der Waals surface area (Å²) in [6, 6.07) is 0. The van der Waals surface area contributed by atoms with E-state index in [1.165, 1.54) is 0 Å². The van der Waals surface area contributed by atoms with Crippen molar-refractivity contribution in [3.8, 4) is 0 Å². The SMILES string of the molecule is O=CCCCC(=O)N1CCNCC1. The van der Waals surface area contributed by atoms with Gasteiger partial charge in [0.2, 0.25) is 5.91 Å². The highest BCUT2D eigenvalue weighted by molar-refractivity contribution is 5.76. The lowest BCUT2D eigenvalue weighted by atomic mass is 10.2. The number of piperazine rings is 1. The molecule has 4 nitrogen and oxygen atoms in total. The molecule has 0 radical (unpaired) electrons. The molecule has 0 saturated carbocycles. The van der Waals surface area contributed by atoms with Crippen LogP contribution in [0.1, 0.15) is 19.3 Å². The Balaban J connectivity index is 2.17. The topological polar surface area (TPSA) is 49.4 Å². The van der Waals surface area contributed by atoms with Crippen molar-refractivity contribution in [3.63, 3.8) is 0 Å². The van der Waals surface area contributed by atoms with Gasteiger partial charge in [-0.15, -0.1) is 0 Å². The molecule has 0 atom stereocenters. The van der Waals surface area contributed by atoms with E-state index in [-0.39, 0.29) is 5.91 Å². The maximum atomic E-state index is 11.5. The first kappa shape index (κ1) is 10.2. The maximum absolute atomic E-state index is 11.5. The summed E-state index contributed by atoms with van der Waals surface area (Å²) in [5.74, 6) is 0.184. The molecule has 1 saturated heterocycles. The number of carbonyl (C=O) groups is 2. The first-order chi connectivity index (χ1) is 6.34. The van der Waals surface area contributed by atoms with Gasteiger partial charge in [0.05, 0.1) is 0 Å². The van der Waals surface area contributed by atoms with Crippen LogP contribution in [0.5, 0.6) is 0 Å². The molecule has 74 valence electrons. The van der Waals surface area contributed by atoms with Crippen LogP contribution in [0.4, 0.5) is 0 Å². The second kappa shape index (κ2) is 5.70. The lowest BCUT2D eigenvalue weighted by Gasteiger charge is -2.27. The predicted octanol–water partition coefficient (Wildman–Crippen LogP) is -0.213. The summed E-state index contributed by atoms with van der Waals surface area (Å²) in [6.07, 6.45) is 2.56. The standard InChI is InChI=1S/C9H16N2O2/c12-8-2-1-3-9(13)11-6-4-10-5-7-11/h8,10H,1-7H2. The van der Waals surface area contributed by atoms with Gasteiger partial charge in [-0.1, -0.05) is 0 Å². The number of nitrogens with zero attached hydrogens (tertiary/aromatic N) is 1. The predicted molar refractivity (Wildman–Crippen MR) is 49.4 cm³/mol. The summed E-state index contributed by atoms with van der Waals surface area (Å²) in [5.41, 5.74) is 0. The Morgan fingerprint density at radius 3 is 2.69 bits per heavy atom. The van der Waals surface area contributed by atoms with E-state index in [0.717, 1.165) is 32.5 Å². The van der Waals surface area contributed by atoms with Crippen molar-refractivity contribution < 1.29 is 9.59 Å². The molecule has 0 unspecified atom stereocenters. The molecule has 1 aliphatic heterocycles. The van der Waals surface area contributed by atoms with Gasteiger partial charge in [0.25, 0.3) is 0 Å². The van der Waals surface area contributed by atoms with Crippen LogP contribution in [0.15, 0.2) is 0 Å². The highest BCUT2D eigenvalue weighted by Gasteiger charge is 2.14. The third kappa shape index (κ3) is 3.55. The molecule has 1 rings (SSSR count). The van der Waals surface area contributed by atoms with Crippen LogP contribution in [0.25, 0.3) is 0 Å². The molecule has 0 bridgehead atoms. The zero-order chi connectivity index (χ0) is 9.52. The third-order valence-corrected chi connectivity index (χ3v) is 2.18. The van der Waals surface area contributed by atoms with E-state index in [1.54, 1.807) is 0 Å². The summed E-state index contributed by atoms with van der Waals surface area (Å²) in [6.45, 7) is 3.39. The number of aldehydes is 1. The van der Waals surface area contributed by atoms with Crippen LogP contribution in [0.3, 0.4) is 0 Å². The van der Waals surface area contributed by atoms with Gasteiger partial charge in [-0.25, -0.2) is 0 Å². The number of carbonyl (C=O) groups excluding carboxylic acids is 2. The monoisotopic (exact) mass is 184 g/mol. The molecule has 1 amide bonds. The Bertz CT molecular complexity index is 176.